The minimum absolute atomic E-state index is 0.0429. The molecule has 19 heavy (non-hydrogen) atoms. The fourth-order valence-electron chi connectivity index (χ4n) is 1.39. The average Bonchev–Trinajstić information content (AvgIpc) is 2.43. The quantitative estimate of drug-likeness (QED) is 0.349. The molecular formula is C11H11ClFN5S. The van der Waals surface area contributed by atoms with Gasteiger partial charge in [0, 0.05) is 6.07 Å². The zero-order valence-corrected chi connectivity index (χ0v) is 11.5. The zero-order chi connectivity index (χ0) is 13.8. The Morgan fingerprint density at radius 1 is 1.32 bits per heavy atom. The zero-order valence-electron chi connectivity index (χ0n) is 9.95. The average molecular weight is 300 g/mol. The van der Waals surface area contributed by atoms with Gasteiger partial charge in [-0.05, 0) is 18.4 Å². The van der Waals surface area contributed by atoms with E-state index in [-0.39, 0.29) is 10.7 Å². The van der Waals surface area contributed by atoms with E-state index in [9.17, 15) is 4.39 Å². The van der Waals surface area contributed by atoms with Crippen LogP contribution >= 0.6 is 23.4 Å². The van der Waals surface area contributed by atoms with Crippen molar-refractivity contribution in [3.8, 4) is 0 Å². The van der Waals surface area contributed by atoms with Crippen LogP contribution in [0.4, 0.5) is 21.7 Å². The van der Waals surface area contributed by atoms with Gasteiger partial charge >= 0.3 is 0 Å². The summed E-state index contributed by atoms with van der Waals surface area (Å²) in [6, 6.07) is 6.26. The molecule has 4 N–H and O–H groups in total. The van der Waals surface area contributed by atoms with Gasteiger partial charge in [0.25, 0.3) is 0 Å². The van der Waals surface area contributed by atoms with E-state index in [0.29, 0.717) is 16.8 Å². The molecule has 1 aromatic carbocycles. The van der Waals surface area contributed by atoms with E-state index in [1.54, 1.807) is 18.2 Å². The number of hydrogen-bond donors (Lipinski definition) is 3. The molecule has 0 saturated heterocycles. The second kappa shape index (κ2) is 6.05. The number of rotatable bonds is 4. The van der Waals surface area contributed by atoms with Crippen molar-refractivity contribution in [2.24, 2.45) is 5.84 Å². The first-order valence-electron chi connectivity index (χ1n) is 5.24. The third-order valence-electron chi connectivity index (χ3n) is 2.25. The van der Waals surface area contributed by atoms with Crippen molar-refractivity contribution in [3.05, 3.63) is 35.1 Å². The highest BCUT2D eigenvalue weighted by atomic mass is 35.5. The lowest BCUT2D eigenvalue weighted by Gasteiger charge is -2.10. The minimum atomic E-state index is -0.532. The highest BCUT2D eigenvalue weighted by molar-refractivity contribution is 7.98. The van der Waals surface area contributed by atoms with Gasteiger partial charge in [0.2, 0.25) is 0 Å². The first kappa shape index (κ1) is 13.9. The molecule has 0 aliphatic heterocycles. The fourth-order valence-corrected chi connectivity index (χ4v) is 1.95. The molecule has 0 atom stereocenters. The lowest BCUT2D eigenvalue weighted by Crippen LogP contribution is -2.10. The van der Waals surface area contributed by atoms with Gasteiger partial charge in [0.05, 0.1) is 10.7 Å². The Morgan fingerprint density at radius 3 is 2.74 bits per heavy atom. The number of nitrogens with one attached hydrogen (secondary N) is 2. The molecule has 0 aliphatic carbocycles. The number of thioether (sulfide) groups is 1. The number of nitrogen functional groups attached to an aromatic ring is 1. The summed E-state index contributed by atoms with van der Waals surface area (Å²) in [6.45, 7) is 0. The minimum Gasteiger partial charge on any atom is -0.338 e. The van der Waals surface area contributed by atoms with Crippen LogP contribution < -0.4 is 16.6 Å². The Labute approximate surface area is 118 Å². The van der Waals surface area contributed by atoms with Crippen LogP contribution in [0, 0.1) is 5.82 Å². The topological polar surface area (TPSA) is 75.9 Å². The molecule has 0 amide bonds. The molecule has 0 fully saturated rings. The maximum Gasteiger partial charge on any atom is 0.191 e. The third kappa shape index (κ3) is 3.25. The molecule has 0 saturated carbocycles. The van der Waals surface area contributed by atoms with Crippen LogP contribution in [-0.4, -0.2) is 16.2 Å². The number of hydrazine groups is 1. The van der Waals surface area contributed by atoms with E-state index < -0.39 is 5.82 Å². The molecule has 2 rings (SSSR count). The van der Waals surface area contributed by atoms with Crippen molar-refractivity contribution < 1.29 is 4.39 Å². The monoisotopic (exact) mass is 299 g/mol. The Balaban J connectivity index is 2.34. The highest BCUT2D eigenvalue weighted by Crippen LogP contribution is 2.26. The molecule has 5 nitrogen and oxygen atoms in total. The number of anilines is 3. The van der Waals surface area contributed by atoms with Crippen LogP contribution in [0.3, 0.4) is 0 Å². The predicted molar refractivity (Wildman–Crippen MR) is 76.3 cm³/mol. The van der Waals surface area contributed by atoms with Gasteiger partial charge in [-0.25, -0.2) is 20.2 Å². The normalized spacial score (nSPS) is 10.3. The molecule has 0 spiro atoms. The van der Waals surface area contributed by atoms with Crippen LogP contribution in [0.1, 0.15) is 0 Å². The van der Waals surface area contributed by atoms with Crippen LogP contribution in [0.15, 0.2) is 29.4 Å². The number of aromatic nitrogens is 2. The Morgan fingerprint density at radius 2 is 2.05 bits per heavy atom. The largest absolute Gasteiger partial charge is 0.338 e. The van der Waals surface area contributed by atoms with Crippen molar-refractivity contribution >= 4 is 40.7 Å². The van der Waals surface area contributed by atoms with Gasteiger partial charge < -0.3 is 10.7 Å². The molecule has 1 heterocycles. The molecule has 8 heteroatoms. The lowest BCUT2D eigenvalue weighted by molar-refractivity contribution is 0.632. The number of nitrogens with two attached hydrogens (primary N) is 1. The second-order valence-electron chi connectivity index (χ2n) is 3.50. The summed E-state index contributed by atoms with van der Waals surface area (Å²) >= 11 is 7.07. The van der Waals surface area contributed by atoms with Crippen LogP contribution in [0.2, 0.25) is 5.02 Å². The van der Waals surface area contributed by atoms with Gasteiger partial charge in [0.1, 0.15) is 11.6 Å². The SMILES string of the molecule is CSc1nc(NN)cc(Nc2cccc(Cl)c2F)n1. The van der Waals surface area contributed by atoms with Crippen LogP contribution in [0.25, 0.3) is 0 Å². The van der Waals surface area contributed by atoms with Gasteiger partial charge in [-0.1, -0.05) is 29.4 Å². The van der Waals surface area contributed by atoms with E-state index >= 15 is 0 Å². The molecule has 100 valence electrons. The first-order valence-corrected chi connectivity index (χ1v) is 6.85. The smallest absolute Gasteiger partial charge is 0.191 e. The second-order valence-corrected chi connectivity index (χ2v) is 4.68. The van der Waals surface area contributed by atoms with E-state index in [1.807, 2.05) is 6.26 Å². The molecule has 1 aromatic heterocycles. The number of benzene rings is 1. The van der Waals surface area contributed by atoms with Crippen molar-refractivity contribution in [2.45, 2.75) is 5.16 Å². The first-order chi connectivity index (χ1) is 9.13. The van der Waals surface area contributed by atoms with Gasteiger partial charge in [0.15, 0.2) is 11.0 Å². The summed E-state index contributed by atoms with van der Waals surface area (Å²) in [6.07, 6.45) is 1.83. The molecular weight excluding hydrogens is 289 g/mol. The standard InChI is InChI=1S/C11H11ClFN5S/c1-19-11-16-8(5-9(17-11)18-14)15-7-4-2-3-6(12)10(7)13/h2-5H,14H2,1H3,(H2,15,16,17,18). The predicted octanol–water partition coefficient (Wildman–Crippen LogP) is 3.02. The molecule has 0 unspecified atom stereocenters. The Hall–Kier alpha value is -1.57. The van der Waals surface area contributed by atoms with Crippen molar-refractivity contribution in [1.29, 1.82) is 0 Å². The maximum absolute atomic E-state index is 13.8. The highest BCUT2D eigenvalue weighted by Gasteiger charge is 2.09. The van der Waals surface area contributed by atoms with E-state index in [1.165, 1.54) is 17.8 Å². The number of hydrogen-bond acceptors (Lipinski definition) is 6. The van der Waals surface area contributed by atoms with Crippen molar-refractivity contribution in [3.63, 3.8) is 0 Å². The Kier molecular flexibility index (Phi) is 4.41. The van der Waals surface area contributed by atoms with Gasteiger partial charge in [-0.3, -0.25) is 0 Å². The third-order valence-corrected chi connectivity index (χ3v) is 3.09. The van der Waals surface area contributed by atoms with E-state index in [0.717, 1.165) is 0 Å². The number of halogens is 2. The van der Waals surface area contributed by atoms with E-state index in [2.05, 4.69) is 20.7 Å². The summed E-state index contributed by atoms with van der Waals surface area (Å²) in [4.78, 5) is 8.31. The molecule has 0 aliphatic rings. The Bertz CT molecular complexity index is 573. The fraction of sp³-hybridized carbons (Fsp3) is 0.0909. The summed E-state index contributed by atoms with van der Waals surface area (Å²) in [5, 5.41) is 3.40. The summed E-state index contributed by atoms with van der Waals surface area (Å²) in [5.74, 6) is 5.64. The number of nitrogens with zero attached hydrogens (tertiary/aromatic N) is 2. The van der Waals surface area contributed by atoms with Crippen LogP contribution in [-0.2, 0) is 0 Å². The summed E-state index contributed by atoms with van der Waals surface area (Å²) < 4.78 is 13.8. The molecule has 0 radical (unpaired) electrons. The lowest BCUT2D eigenvalue weighted by atomic mass is 10.3. The maximum atomic E-state index is 13.8. The van der Waals surface area contributed by atoms with Crippen molar-refractivity contribution in [1.82, 2.24) is 9.97 Å². The van der Waals surface area contributed by atoms with Gasteiger partial charge in [-0.2, -0.15) is 0 Å². The molecule has 0 bridgehead atoms. The van der Waals surface area contributed by atoms with Gasteiger partial charge in [-0.15, -0.1) is 0 Å². The van der Waals surface area contributed by atoms with Crippen LogP contribution in [0.5, 0.6) is 0 Å². The molecule has 2 aromatic rings. The van der Waals surface area contributed by atoms with E-state index in [4.69, 9.17) is 17.4 Å². The van der Waals surface area contributed by atoms with Crippen molar-refractivity contribution in [2.75, 3.05) is 17.0 Å². The summed E-state index contributed by atoms with van der Waals surface area (Å²) in [7, 11) is 0. The summed E-state index contributed by atoms with van der Waals surface area (Å²) in [5.41, 5.74) is 2.67.